The number of likely N-dealkylation sites (tertiary alicyclic amines) is 1. The van der Waals surface area contributed by atoms with Crippen molar-refractivity contribution in [3.8, 4) is 0 Å². The first kappa shape index (κ1) is 15.3. The van der Waals surface area contributed by atoms with Gasteiger partial charge in [0.1, 0.15) is 6.61 Å². The lowest BCUT2D eigenvalue weighted by atomic mass is 9.84. The molecule has 2 aliphatic rings. The van der Waals surface area contributed by atoms with Gasteiger partial charge in [0.05, 0.1) is 6.54 Å². The number of nitrogens with zero attached hydrogens (tertiary/aromatic N) is 2. The maximum absolute atomic E-state index is 12.5. The third-order valence-electron chi connectivity index (χ3n) is 4.47. The molecule has 0 aromatic carbocycles. The standard InChI is InChI=1S/C15H26N2O3/c1-3-4-13(11-12-5-7-16(2)8-6-12)14(18)17-9-10-20-15(17)19/h12-13H,3-11H2,1-2H3. The van der Waals surface area contributed by atoms with Gasteiger partial charge in [-0.3, -0.25) is 4.79 Å². The largest absolute Gasteiger partial charge is 0.447 e. The second-order valence-electron chi connectivity index (χ2n) is 6.07. The van der Waals surface area contributed by atoms with E-state index in [9.17, 15) is 9.59 Å². The van der Waals surface area contributed by atoms with E-state index < -0.39 is 6.09 Å². The molecule has 2 amide bonds. The number of cyclic esters (lactones) is 1. The zero-order valence-electron chi connectivity index (χ0n) is 12.6. The minimum Gasteiger partial charge on any atom is -0.447 e. The number of carbonyl (C=O) groups excluding carboxylic acids is 2. The van der Waals surface area contributed by atoms with Crippen LogP contribution < -0.4 is 0 Å². The van der Waals surface area contributed by atoms with Gasteiger partial charge in [-0.1, -0.05) is 13.3 Å². The van der Waals surface area contributed by atoms with E-state index in [-0.39, 0.29) is 11.8 Å². The second kappa shape index (κ2) is 7.07. The summed E-state index contributed by atoms with van der Waals surface area (Å²) in [7, 11) is 2.14. The van der Waals surface area contributed by atoms with Crippen LogP contribution in [-0.2, 0) is 9.53 Å². The Morgan fingerprint density at radius 2 is 2.05 bits per heavy atom. The normalized spacial score (nSPS) is 22.9. The summed E-state index contributed by atoms with van der Waals surface area (Å²) in [5.74, 6) is 0.581. The minimum atomic E-state index is -0.459. The molecule has 0 spiro atoms. The minimum absolute atomic E-state index is 0.0148. The molecule has 20 heavy (non-hydrogen) atoms. The monoisotopic (exact) mass is 282 g/mol. The van der Waals surface area contributed by atoms with Crippen molar-refractivity contribution < 1.29 is 14.3 Å². The number of amides is 2. The molecule has 2 rings (SSSR count). The third kappa shape index (κ3) is 3.72. The van der Waals surface area contributed by atoms with Crippen LogP contribution in [0.15, 0.2) is 0 Å². The van der Waals surface area contributed by atoms with Crippen molar-refractivity contribution in [3.05, 3.63) is 0 Å². The lowest BCUT2D eigenvalue weighted by Crippen LogP contribution is -2.38. The Morgan fingerprint density at radius 3 is 2.60 bits per heavy atom. The molecule has 114 valence electrons. The SMILES string of the molecule is CCCC(CC1CCN(C)CC1)C(=O)N1CCOC1=O. The Kier molecular flexibility index (Phi) is 5.40. The number of ether oxygens (including phenoxy) is 1. The van der Waals surface area contributed by atoms with Crippen molar-refractivity contribution in [3.63, 3.8) is 0 Å². The summed E-state index contributed by atoms with van der Waals surface area (Å²) in [6.45, 7) is 5.09. The van der Waals surface area contributed by atoms with Gasteiger partial charge in [0.15, 0.2) is 0 Å². The maximum Gasteiger partial charge on any atom is 0.416 e. The number of piperidine rings is 1. The molecule has 1 unspecified atom stereocenters. The summed E-state index contributed by atoms with van der Waals surface area (Å²) >= 11 is 0. The van der Waals surface area contributed by atoms with Gasteiger partial charge in [0, 0.05) is 5.92 Å². The highest BCUT2D eigenvalue weighted by Crippen LogP contribution is 2.28. The molecule has 0 aliphatic carbocycles. The van der Waals surface area contributed by atoms with Gasteiger partial charge in [0.2, 0.25) is 5.91 Å². The summed E-state index contributed by atoms with van der Waals surface area (Å²) in [6, 6.07) is 0. The quantitative estimate of drug-likeness (QED) is 0.775. The van der Waals surface area contributed by atoms with Gasteiger partial charge >= 0.3 is 6.09 Å². The lowest BCUT2D eigenvalue weighted by Gasteiger charge is -2.31. The Labute approximate surface area is 121 Å². The Morgan fingerprint density at radius 1 is 1.35 bits per heavy atom. The van der Waals surface area contributed by atoms with Crippen LogP contribution in [0.3, 0.4) is 0 Å². The molecular formula is C15H26N2O3. The predicted octanol–water partition coefficient (Wildman–Crippen LogP) is 2.11. The van der Waals surface area contributed by atoms with Gasteiger partial charge in [-0.15, -0.1) is 0 Å². The molecule has 2 heterocycles. The third-order valence-corrected chi connectivity index (χ3v) is 4.47. The van der Waals surface area contributed by atoms with E-state index >= 15 is 0 Å². The lowest BCUT2D eigenvalue weighted by molar-refractivity contribution is -0.133. The van der Waals surface area contributed by atoms with E-state index in [0.717, 1.165) is 45.2 Å². The average molecular weight is 282 g/mol. The summed E-state index contributed by atoms with van der Waals surface area (Å²) in [4.78, 5) is 27.7. The fraction of sp³-hybridized carbons (Fsp3) is 0.867. The van der Waals surface area contributed by atoms with Crippen LogP contribution in [0.25, 0.3) is 0 Å². The van der Waals surface area contributed by atoms with Crippen molar-refractivity contribution in [2.75, 3.05) is 33.3 Å². The fourth-order valence-corrected chi connectivity index (χ4v) is 3.20. The van der Waals surface area contributed by atoms with Crippen molar-refractivity contribution >= 4 is 12.0 Å². The van der Waals surface area contributed by atoms with E-state index in [2.05, 4.69) is 18.9 Å². The van der Waals surface area contributed by atoms with E-state index in [4.69, 9.17) is 4.74 Å². The maximum atomic E-state index is 12.5. The number of rotatable bonds is 5. The summed E-state index contributed by atoms with van der Waals surface area (Å²) in [5, 5.41) is 0. The molecule has 5 heteroatoms. The van der Waals surface area contributed by atoms with E-state index in [1.165, 1.54) is 4.90 Å². The van der Waals surface area contributed by atoms with Crippen LogP contribution in [0.2, 0.25) is 0 Å². The van der Waals surface area contributed by atoms with Crippen molar-refractivity contribution in [2.45, 2.75) is 39.0 Å². The molecule has 0 aromatic heterocycles. The Bertz CT molecular complexity index is 351. The molecule has 0 saturated carbocycles. The topological polar surface area (TPSA) is 49.9 Å². The van der Waals surface area contributed by atoms with Crippen LogP contribution in [0.5, 0.6) is 0 Å². The van der Waals surface area contributed by atoms with Gasteiger partial charge < -0.3 is 9.64 Å². The van der Waals surface area contributed by atoms with Crippen molar-refractivity contribution in [2.24, 2.45) is 11.8 Å². The highest BCUT2D eigenvalue weighted by Gasteiger charge is 2.34. The predicted molar refractivity (Wildman–Crippen MR) is 76.3 cm³/mol. The number of hydrogen-bond acceptors (Lipinski definition) is 4. The zero-order chi connectivity index (χ0) is 14.5. The first-order chi connectivity index (χ1) is 9.61. The first-order valence-electron chi connectivity index (χ1n) is 7.78. The molecule has 0 aromatic rings. The molecule has 1 atom stereocenters. The van der Waals surface area contributed by atoms with Gasteiger partial charge in [-0.05, 0) is 51.7 Å². The van der Waals surface area contributed by atoms with Gasteiger partial charge in [-0.2, -0.15) is 0 Å². The first-order valence-corrected chi connectivity index (χ1v) is 7.78. The van der Waals surface area contributed by atoms with E-state index in [0.29, 0.717) is 19.1 Å². The second-order valence-corrected chi connectivity index (χ2v) is 6.07. The molecule has 0 bridgehead atoms. The van der Waals surface area contributed by atoms with Gasteiger partial charge in [0.25, 0.3) is 0 Å². The van der Waals surface area contributed by atoms with Gasteiger partial charge in [-0.25, -0.2) is 9.69 Å². The van der Waals surface area contributed by atoms with Crippen molar-refractivity contribution in [1.82, 2.24) is 9.80 Å². The fourth-order valence-electron chi connectivity index (χ4n) is 3.20. The molecule has 5 nitrogen and oxygen atoms in total. The Hall–Kier alpha value is -1.10. The number of carbonyl (C=O) groups is 2. The average Bonchev–Trinajstić information content (AvgIpc) is 2.86. The van der Waals surface area contributed by atoms with Crippen LogP contribution >= 0.6 is 0 Å². The summed E-state index contributed by atoms with van der Waals surface area (Å²) in [5.41, 5.74) is 0. The summed E-state index contributed by atoms with van der Waals surface area (Å²) in [6.07, 6.45) is 4.63. The smallest absolute Gasteiger partial charge is 0.416 e. The van der Waals surface area contributed by atoms with Crippen molar-refractivity contribution in [1.29, 1.82) is 0 Å². The summed E-state index contributed by atoms with van der Waals surface area (Å²) < 4.78 is 4.88. The van der Waals surface area contributed by atoms with Crippen LogP contribution in [0, 0.1) is 11.8 Å². The number of hydrogen-bond donors (Lipinski definition) is 0. The molecule has 0 radical (unpaired) electrons. The molecule has 2 aliphatic heterocycles. The van der Waals surface area contributed by atoms with E-state index in [1.54, 1.807) is 0 Å². The number of imide groups is 1. The van der Waals surface area contributed by atoms with E-state index in [1.807, 2.05) is 0 Å². The molecule has 0 N–H and O–H groups in total. The Balaban J connectivity index is 1.92. The van der Waals surface area contributed by atoms with Crippen LogP contribution in [0.4, 0.5) is 4.79 Å². The van der Waals surface area contributed by atoms with Crippen LogP contribution in [0.1, 0.15) is 39.0 Å². The molecular weight excluding hydrogens is 256 g/mol. The zero-order valence-corrected chi connectivity index (χ0v) is 12.6. The molecule has 2 saturated heterocycles. The van der Waals surface area contributed by atoms with Crippen LogP contribution in [-0.4, -0.2) is 55.1 Å². The molecule has 2 fully saturated rings. The highest BCUT2D eigenvalue weighted by atomic mass is 16.6. The highest BCUT2D eigenvalue weighted by molar-refractivity contribution is 5.94.